The van der Waals surface area contributed by atoms with E-state index in [-0.39, 0.29) is 11.4 Å². The van der Waals surface area contributed by atoms with Crippen LogP contribution in [0.3, 0.4) is 0 Å². The predicted octanol–water partition coefficient (Wildman–Crippen LogP) is 2.49. The van der Waals surface area contributed by atoms with E-state index in [2.05, 4.69) is 10.1 Å². The molecule has 1 aromatic carbocycles. The van der Waals surface area contributed by atoms with Gasteiger partial charge in [0.2, 0.25) is 0 Å². The molecule has 0 aliphatic heterocycles. The number of aromatic nitrogens is 3. The zero-order valence-corrected chi connectivity index (χ0v) is 9.78. The van der Waals surface area contributed by atoms with Crippen LogP contribution in [0, 0.1) is 13.8 Å². The van der Waals surface area contributed by atoms with Gasteiger partial charge >= 0.3 is 6.18 Å². The first kappa shape index (κ1) is 12.4. The molecule has 2 N–H and O–H groups in total. The second kappa shape index (κ2) is 4.01. The molecule has 1 aromatic heterocycles. The number of nitrogens with zero attached hydrogens (tertiary/aromatic N) is 3. The molecule has 0 saturated carbocycles. The topological polar surface area (TPSA) is 56.7 Å². The summed E-state index contributed by atoms with van der Waals surface area (Å²) in [5, 5.41) is 3.95. The fourth-order valence-corrected chi connectivity index (χ4v) is 1.71. The van der Waals surface area contributed by atoms with Gasteiger partial charge in [0.25, 0.3) is 0 Å². The highest BCUT2D eigenvalue weighted by molar-refractivity contribution is 5.52. The number of halogens is 3. The summed E-state index contributed by atoms with van der Waals surface area (Å²) in [6.45, 7) is 3.21. The maximum Gasteiger partial charge on any atom is 0.418 e. The zero-order valence-electron chi connectivity index (χ0n) is 9.78. The lowest BCUT2D eigenvalue weighted by atomic mass is 10.1. The number of alkyl halides is 3. The number of hydrogen-bond acceptors (Lipinski definition) is 3. The molecule has 0 aliphatic carbocycles. The van der Waals surface area contributed by atoms with Crippen molar-refractivity contribution in [2.75, 3.05) is 5.73 Å². The largest absolute Gasteiger partial charge is 0.418 e. The van der Waals surface area contributed by atoms with Crippen LogP contribution >= 0.6 is 0 Å². The van der Waals surface area contributed by atoms with Gasteiger partial charge in [0.15, 0.2) is 0 Å². The zero-order chi connectivity index (χ0) is 13.5. The lowest BCUT2D eigenvalue weighted by molar-refractivity contribution is -0.137. The molecule has 4 nitrogen and oxygen atoms in total. The summed E-state index contributed by atoms with van der Waals surface area (Å²) >= 11 is 0. The molecule has 7 heteroatoms. The van der Waals surface area contributed by atoms with E-state index in [0.29, 0.717) is 11.6 Å². The molecule has 96 valence electrons. The third-order valence-electron chi connectivity index (χ3n) is 2.43. The molecular weight excluding hydrogens is 245 g/mol. The molecule has 0 unspecified atom stereocenters. The van der Waals surface area contributed by atoms with Crippen LogP contribution in [0.25, 0.3) is 5.69 Å². The monoisotopic (exact) mass is 256 g/mol. The van der Waals surface area contributed by atoms with Crippen molar-refractivity contribution in [3.63, 3.8) is 0 Å². The summed E-state index contributed by atoms with van der Waals surface area (Å²) in [5.41, 5.74) is 4.56. The van der Waals surface area contributed by atoms with Crippen molar-refractivity contribution < 1.29 is 13.2 Å². The molecule has 18 heavy (non-hydrogen) atoms. The summed E-state index contributed by atoms with van der Waals surface area (Å²) in [6.07, 6.45) is -4.49. The highest BCUT2D eigenvalue weighted by Crippen LogP contribution is 2.35. The molecule has 0 bridgehead atoms. The van der Waals surface area contributed by atoms with Gasteiger partial charge in [-0.15, -0.1) is 0 Å². The number of nitrogens with two attached hydrogens (primary N) is 1. The van der Waals surface area contributed by atoms with Crippen LogP contribution in [-0.2, 0) is 6.18 Å². The molecule has 0 amide bonds. The smallest absolute Gasteiger partial charge is 0.399 e. The summed E-state index contributed by atoms with van der Waals surface area (Å²) in [6, 6.07) is 3.59. The summed E-state index contributed by atoms with van der Waals surface area (Å²) in [7, 11) is 0. The number of nitrogen functional groups attached to an aromatic ring is 1. The van der Waals surface area contributed by atoms with Gasteiger partial charge in [-0.25, -0.2) is 9.67 Å². The number of anilines is 1. The fraction of sp³-hybridized carbons (Fsp3) is 0.273. The third kappa shape index (κ3) is 2.15. The minimum absolute atomic E-state index is 0.0561. The van der Waals surface area contributed by atoms with Crippen LogP contribution < -0.4 is 5.73 Å². The molecule has 0 atom stereocenters. The van der Waals surface area contributed by atoms with Gasteiger partial charge in [0.1, 0.15) is 11.6 Å². The maximum atomic E-state index is 12.9. The van der Waals surface area contributed by atoms with E-state index in [1.54, 1.807) is 13.8 Å². The van der Waals surface area contributed by atoms with Crippen molar-refractivity contribution in [1.82, 2.24) is 14.8 Å². The van der Waals surface area contributed by atoms with Crippen molar-refractivity contribution in [3.8, 4) is 5.69 Å². The minimum atomic E-state index is -4.49. The van der Waals surface area contributed by atoms with E-state index in [1.807, 2.05) is 0 Å². The average molecular weight is 256 g/mol. The van der Waals surface area contributed by atoms with Crippen molar-refractivity contribution in [1.29, 1.82) is 0 Å². The van der Waals surface area contributed by atoms with Crippen molar-refractivity contribution >= 4 is 5.69 Å². The standard InChI is InChI=1S/C11H11F3N4/c1-6-16-7(2)18(17-6)10-4-3-8(15)5-9(10)11(12,13)14/h3-5H,15H2,1-2H3. The lowest BCUT2D eigenvalue weighted by Crippen LogP contribution is -2.13. The highest BCUT2D eigenvalue weighted by Gasteiger charge is 2.34. The fourth-order valence-electron chi connectivity index (χ4n) is 1.71. The van der Waals surface area contributed by atoms with Gasteiger partial charge < -0.3 is 5.73 Å². The van der Waals surface area contributed by atoms with Gasteiger partial charge in [-0.1, -0.05) is 0 Å². The number of aryl methyl sites for hydroxylation is 2. The van der Waals surface area contributed by atoms with Gasteiger partial charge in [-0.05, 0) is 32.0 Å². The highest BCUT2D eigenvalue weighted by atomic mass is 19.4. The average Bonchev–Trinajstić information content (AvgIpc) is 2.56. The van der Waals surface area contributed by atoms with Gasteiger partial charge in [-0.2, -0.15) is 18.3 Å². The van der Waals surface area contributed by atoms with Gasteiger partial charge in [0.05, 0.1) is 11.3 Å². The number of benzene rings is 1. The molecule has 0 aliphatic rings. The van der Waals surface area contributed by atoms with Crippen molar-refractivity contribution in [2.45, 2.75) is 20.0 Å². The Hall–Kier alpha value is -2.05. The first-order chi connectivity index (χ1) is 8.29. The Morgan fingerprint density at radius 1 is 1.22 bits per heavy atom. The van der Waals surface area contributed by atoms with E-state index >= 15 is 0 Å². The quantitative estimate of drug-likeness (QED) is 0.797. The van der Waals surface area contributed by atoms with Crippen molar-refractivity contribution in [3.05, 3.63) is 35.4 Å². The van der Waals surface area contributed by atoms with Crippen molar-refractivity contribution in [2.24, 2.45) is 0 Å². The molecule has 2 rings (SSSR count). The number of hydrogen-bond donors (Lipinski definition) is 1. The van der Waals surface area contributed by atoms with Crippen LogP contribution in [0.5, 0.6) is 0 Å². The van der Waals surface area contributed by atoms with E-state index in [1.165, 1.54) is 12.1 Å². The van der Waals surface area contributed by atoms with Crippen LogP contribution in [0.15, 0.2) is 18.2 Å². The Bertz CT molecular complexity index is 586. The molecule has 2 aromatic rings. The Morgan fingerprint density at radius 3 is 2.39 bits per heavy atom. The van der Waals surface area contributed by atoms with Gasteiger partial charge in [-0.3, -0.25) is 0 Å². The summed E-state index contributed by atoms with van der Waals surface area (Å²) in [4.78, 5) is 3.99. The van der Waals surface area contributed by atoms with Crippen LogP contribution in [0.2, 0.25) is 0 Å². The Labute approximate surface area is 101 Å². The molecule has 0 spiro atoms. The third-order valence-corrected chi connectivity index (χ3v) is 2.43. The maximum absolute atomic E-state index is 12.9. The molecule has 0 fully saturated rings. The number of rotatable bonds is 1. The molecular formula is C11H11F3N4. The lowest BCUT2D eigenvalue weighted by Gasteiger charge is -2.13. The van der Waals surface area contributed by atoms with Crippen LogP contribution in [-0.4, -0.2) is 14.8 Å². The van der Waals surface area contributed by atoms with Crippen LogP contribution in [0.1, 0.15) is 17.2 Å². The first-order valence-electron chi connectivity index (χ1n) is 5.16. The Balaban J connectivity index is 2.68. The second-order valence-electron chi connectivity index (χ2n) is 3.89. The Morgan fingerprint density at radius 2 is 1.89 bits per heavy atom. The Kier molecular flexibility index (Phi) is 2.76. The molecule has 0 radical (unpaired) electrons. The van der Waals surface area contributed by atoms with Crippen LogP contribution in [0.4, 0.5) is 18.9 Å². The van der Waals surface area contributed by atoms with Gasteiger partial charge in [0, 0.05) is 5.69 Å². The van der Waals surface area contributed by atoms with E-state index in [0.717, 1.165) is 10.7 Å². The molecule has 1 heterocycles. The minimum Gasteiger partial charge on any atom is -0.399 e. The summed E-state index contributed by atoms with van der Waals surface area (Å²) in [5.74, 6) is 0.806. The van der Waals surface area contributed by atoms with E-state index in [4.69, 9.17) is 5.73 Å². The summed E-state index contributed by atoms with van der Waals surface area (Å²) < 4.78 is 40.0. The SMILES string of the molecule is Cc1nc(C)n(-c2ccc(N)cc2C(F)(F)F)n1. The van der Waals surface area contributed by atoms with E-state index < -0.39 is 11.7 Å². The normalized spacial score (nSPS) is 11.8. The second-order valence-corrected chi connectivity index (χ2v) is 3.89. The molecule has 0 saturated heterocycles. The van der Waals surface area contributed by atoms with E-state index in [9.17, 15) is 13.2 Å². The predicted molar refractivity (Wildman–Crippen MR) is 60.2 cm³/mol. The first-order valence-corrected chi connectivity index (χ1v) is 5.16.